The number of benzene rings is 1. The fraction of sp³-hybridized carbons (Fsp3) is 0.538. The normalized spacial score (nSPS) is 30.2. The van der Waals surface area contributed by atoms with E-state index in [1.54, 1.807) is 0 Å². The van der Waals surface area contributed by atoms with Gasteiger partial charge in [-0.1, -0.05) is 44.2 Å². The summed E-state index contributed by atoms with van der Waals surface area (Å²) >= 11 is 0. The third-order valence-corrected chi connectivity index (χ3v) is 3.21. The van der Waals surface area contributed by atoms with Gasteiger partial charge in [0.2, 0.25) is 0 Å². The van der Waals surface area contributed by atoms with Gasteiger partial charge in [0, 0.05) is 5.41 Å². The van der Waals surface area contributed by atoms with Crippen LogP contribution in [0.15, 0.2) is 30.3 Å². The van der Waals surface area contributed by atoms with E-state index < -0.39 is 18.3 Å². The molecule has 0 bridgehead atoms. The van der Waals surface area contributed by atoms with Crippen molar-refractivity contribution in [2.24, 2.45) is 5.41 Å². The summed E-state index contributed by atoms with van der Waals surface area (Å²) in [6, 6.07) is 9.31. The second-order valence-electron chi connectivity index (χ2n) is 5.06. The highest BCUT2D eigenvalue weighted by Gasteiger charge is 2.45. The van der Waals surface area contributed by atoms with E-state index in [1.165, 1.54) is 0 Å². The lowest BCUT2D eigenvalue weighted by Crippen LogP contribution is -2.36. The number of rotatable bonds is 2. The van der Waals surface area contributed by atoms with Gasteiger partial charge in [0.1, 0.15) is 12.2 Å². The summed E-state index contributed by atoms with van der Waals surface area (Å²) in [6.07, 6.45) is -1.93. The fourth-order valence-corrected chi connectivity index (χ4v) is 2.04. The van der Waals surface area contributed by atoms with Gasteiger partial charge in [-0.05, 0) is 5.56 Å². The molecule has 3 nitrogen and oxygen atoms in total. The molecule has 1 aliphatic rings. The zero-order valence-corrected chi connectivity index (χ0v) is 9.63. The Kier molecular flexibility index (Phi) is 3.02. The van der Waals surface area contributed by atoms with Crippen molar-refractivity contribution in [1.82, 2.24) is 0 Å². The van der Waals surface area contributed by atoms with Crippen LogP contribution in [0.2, 0.25) is 0 Å². The molecule has 0 unspecified atom stereocenters. The van der Waals surface area contributed by atoms with Gasteiger partial charge in [0.25, 0.3) is 0 Å². The average Bonchev–Trinajstić information content (AvgIpc) is 2.55. The molecule has 3 atom stereocenters. The van der Waals surface area contributed by atoms with E-state index in [-0.39, 0.29) is 5.41 Å². The minimum atomic E-state index is -0.766. The van der Waals surface area contributed by atoms with E-state index in [0.29, 0.717) is 6.61 Å². The lowest BCUT2D eigenvalue weighted by atomic mass is 9.85. The first kappa shape index (κ1) is 11.6. The third kappa shape index (κ3) is 1.98. The van der Waals surface area contributed by atoms with Crippen molar-refractivity contribution in [1.29, 1.82) is 0 Å². The van der Waals surface area contributed by atoms with Crippen LogP contribution in [-0.4, -0.2) is 29.0 Å². The van der Waals surface area contributed by atoms with Gasteiger partial charge in [-0.3, -0.25) is 0 Å². The topological polar surface area (TPSA) is 49.7 Å². The molecule has 0 aromatic heterocycles. The second kappa shape index (κ2) is 4.17. The predicted molar refractivity (Wildman–Crippen MR) is 60.9 cm³/mol. The van der Waals surface area contributed by atoms with Crippen molar-refractivity contribution in [3.8, 4) is 0 Å². The molecule has 0 spiro atoms. The quantitative estimate of drug-likeness (QED) is 0.797. The summed E-state index contributed by atoms with van der Waals surface area (Å²) in [5, 5.41) is 20.2. The largest absolute Gasteiger partial charge is 0.390 e. The molecule has 1 aromatic carbocycles. The van der Waals surface area contributed by atoms with E-state index >= 15 is 0 Å². The molecule has 0 saturated carbocycles. The van der Waals surface area contributed by atoms with Gasteiger partial charge >= 0.3 is 0 Å². The molecule has 0 amide bonds. The molecule has 1 heterocycles. The van der Waals surface area contributed by atoms with Crippen LogP contribution in [0.25, 0.3) is 0 Å². The Balaban J connectivity index is 2.15. The van der Waals surface area contributed by atoms with Crippen molar-refractivity contribution in [3.63, 3.8) is 0 Å². The molecule has 1 aliphatic heterocycles. The Morgan fingerprint density at radius 2 is 1.94 bits per heavy atom. The van der Waals surface area contributed by atoms with E-state index in [4.69, 9.17) is 4.74 Å². The summed E-state index contributed by atoms with van der Waals surface area (Å²) in [7, 11) is 0. The molecule has 1 fully saturated rings. The SMILES string of the molecule is CC1(C)CO[C@@H]([C@@H](O)c2ccccc2)[C@@H]1O. The smallest absolute Gasteiger partial charge is 0.114 e. The number of hydrogen-bond donors (Lipinski definition) is 2. The molecule has 0 aliphatic carbocycles. The number of hydrogen-bond acceptors (Lipinski definition) is 3. The predicted octanol–water partition coefficient (Wildman–Crippen LogP) is 1.51. The maximum absolute atomic E-state index is 10.1. The van der Waals surface area contributed by atoms with Gasteiger partial charge in [0.15, 0.2) is 0 Å². The van der Waals surface area contributed by atoms with Gasteiger partial charge in [-0.2, -0.15) is 0 Å². The molecular weight excluding hydrogens is 204 g/mol. The highest BCUT2D eigenvalue weighted by Crippen LogP contribution is 2.37. The first-order valence-corrected chi connectivity index (χ1v) is 5.55. The van der Waals surface area contributed by atoms with Gasteiger partial charge in [0.05, 0.1) is 12.7 Å². The monoisotopic (exact) mass is 222 g/mol. The van der Waals surface area contributed by atoms with Crippen molar-refractivity contribution in [2.75, 3.05) is 6.61 Å². The number of ether oxygens (including phenoxy) is 1. The van der Waals surface area contributed by atoms with Crippen molar-refractivity contribution in [2.45, 2.75) is 32.2 Å². The van der Waals surface area contributed by atoms with Gasteiger partial charge in [-0.25, -0.2) is 0 Å². The van der Waals surface area contributed by atoms with Gasteiger partial charge < -0.3 is 14.9 Å². The lowest BCUT2D eigenvalue weighted by Gasteiger charge is -2.25. The second-order valence-corrected chi connectivity index (χ2v) is 5.06. The first-order chi connectivity index (χ1) is 7.52. The zero-order chi connectivity index (χ0) is 11.8. The molecule has 1 saturated heterocycles. The van der Waals surface area contributed by atoms with Crippen molar-refractivity contribution < 1.29 is 14.9 Å². The Morgan fingerprint density at radius 3 is 2.44 bits per heavy atom. The molecule has 0 radical (unpaired) electrons. The standard InChI is InChI=1S/C13H18O3/c1-13(2)8-16-11(12(13)15)10(14)9-6-4-3-5-7-9/h3-7,10-12,14-15H,8H2,1-2H3/t10-,11-,12-/m0/s1. The highest BCUT2D eigenvalue weighted by atomic mass is 16.5. The first-order valence-electron chi connectivity index (χ1n) is 5.55. The average molecular weight is 222 g/mol. The van der Waals surface area contributed by atoms with Crippen LogP contribution in [0.1, 0.15) is 25.5 Å². The van der Waals surface area contributed by atoms with E-state index in [1.807, 2.05) is 44.2 Å². The van der Waals surface area contributed by atoms with Crippen LogP contribution in [0.4, 0.5) is 0 Å². The molecule has 1 aromatic rings. The number of aliphatic hydroxyl groups excluding tert-OH is 2. The Bertz CT molecular complexity index is 347. The van der Waals surface area contributed by atoms with Crippen molar-refractivity contribution in [3.05, 3.63) is 35.9 Å². The van der Waals surface area contributed by atoms with Crippen LogP contribution in [0.5, 0.6) is 0 Å². The maximum Gasteiger partial charge on any atom is 0.114 e. The van der Waals surface area contributed by atoms with Gasteiger partial charge in [-0.15, -0.1) is 0 Å². The molecule has 16 heavy (non-hydrogen) atoms. The zero-order valence-electron chi connectivity index (χ0n) is 9.63. The molecule has 88 valence electrons. The highest BCUT2D eigenvalue weighted by molar-refractivity contribution is 5.19. The summed E-state index contributed by atoms with van der Waals surface area (Å²) in [5.74, 6) is 0. The maximum atomic E-state index is 10.1. The summed E-state index contributed by atoms with van der Waals surface area (Å²) < 4.78 is 5.50. The lowest BCUT2D eigenvalue weighted by molar-refractivity contribution is -0.0511. The Labute approximate surface area is 95.7 Å². The minimum Gasteiger partial charge on any atom is -0.390 e. The van der Waals surface area contributed by atoms with E-state index in [0.717, 1.165) is 5.56 Å². The molecular formula is C13H18O3. The van der Waals surface area contributed by atoms with Crippen molar-refractivity contribution >= 4 is 0 Å². The van der Waals surface area contributed by atoms with E-state index in [9.17, 15) is 10.2 Å². The van der Waals surface area contributed by atoms with Crippen LogP contribution in [-0.2, 0) is 4.74 Å². The summed E-state index contributed by atoms with van der Waals surface area (Å²) in [4.78, 5) is 0. The third-order valence-electron chi connectivity index (χ3n) is 3.21. The minimum absolute atomic E-state index is 0.291. The molecule has 2 N–H and O–H groups in total. The van der Waals surface area contributed by atoms with Crippen LogP contribution in [0.3, 0.4) is 0 Å². The van der Waals surface area contributed by atoms with E-state index in [2.05, 4.69) is 0 Å². The fourth-order valence-electron chi connectivity index (χ4n) is 2.04. The summed E-state index contributed by atoms with van der Waals surface area (Å²) in [5.41, 5.74) is 0.490. The Morgan fingerprint density at radius 1 is 1.31 bits per heavy atom. The Hall–Kier alpha value is -0.900. The van der Waals surface area contributed by atoms with Crippen LogP contribution in [0, 0.1) is 5.41 Å². The molecule has 2 rings (SSSR count). The summed E-state index contributed by atoms with van der Waals surface area (Å²) in [6.45, 7) is 4.35. The van der Waals surface area contributed by atoms with Crippen LogP contribution >= 0.6 is 0 Å². The molecule has 3 heteroatoms. The number of aliphatic hydroxyl groups is 2. The van der Waals surface area contributed by atoms with Crippen LogP contribution < -0.4 is 0 Å².